The summed E-state index contributed by atoms with van der Waals surface area (Å²) in [5.74, 6) is 1.99. The Bertz CT molecular complexity index is 447. The molecule has 0 saturated heterocycles. The van der Waals surface area contributed by atoms with Crippen LogP contribution in [0.1, 0.15) is 70.8 Å². The van der Waals surface area contributed by atoms with Crippen LogP contribution < -0.4 is 10.5 Å². The molecule has 1 saturated carbocycles. The van der Waals surface area contributed by atoms with E-state index in [-0.39, 0.29) is 0 Å². The molecule has 0 aliphatic heterocycles. The van der Waals surface area contributed by atoms with Crippen LogP contribution in [0.15, 0.2) is 24.3 Å². The van der Waals surface area contributed by atoms with Crippen LogP contribution >= 0.6 is 0 Å². The van der Waals surface area contributed by atoms with Crippen molar-refractivity contribution in [3.05, 3.63) is 29.8 Å². The highest BCUT2D eigenvalue weighted by atomic mass is 16.5. The monoisotopic (exact) mass is 317 g/mol. The number of aryl methyl sites for hydroxylation is 1. The number of rotatable bonds is 12. The van der Waals surface area contributed by atoms with Gasteiger partial charge in [0.1, 0.15) is 5.75 Å². The largest absolute Gasteiger partial charge is 0.494 e. The van der Waals surface area contributed by atoms with Crippen LogP contribution in [0.4, 0.5) is 0 Å². The average molecular weight is 318 g/mol. The van der Waals surface area contributed by atoms with E-state index in [0.29, 0.717) is 12.0 Å². The molecule has 23 heavy (non-hydrogen) atoms. The Kier molecular flexibility index (Phi) is 7.42. The minimum atomic E-state index is 0.597. The maximum Gasteiger partial charge on any atom is 0.119 e. The number of ether oxygens (including phenoxy) is 1. The number of hydrogen-bond donors (Lipinski definition) is 1. The first-order chi connectivity index (χ1) is 11.2. The quantitative estimate of drug-likeness (QED) is 0.528. The van der Waals surface area contributed by atoms with Crippen molar-refractivity contribution in [2.45, 2.75) is 71.6 Å². The summed E-state index contributed by atoms with van der Waals surface area (Å²) in [5, 5.41) is 0. The zero-order valence-electron chi connectivity index (χ0n) is 15.2. The lowest BCUT2D eigenvalue weighted by Gasteiger charge is -2.34. The van der Waals surface area contributed by atoms with Gasteiger partial charge >= 0.3 is 0 Å². The number of hydrogen-bond acceptors (Lipinski definition) is 2. The molecule has 2 N–H and O–H groups in total. The lowest BCUT2D eigenvalue weighted by molar-refractivity contribution is 0.174. The Morgan fingerprint density at radius 2 is 1.87 bits per heavy atom. The van der Waals surface area contributed by atoms with Gasteiger partial charge in [-0.05, 0) is 80.5 Å². The van der Waals surface area contributed by atoms with Crippen molar-refractivity contribution in [3.63, 3.8) is 0 Å². The van der Waals surface area contributed by atoms with Gasteiger partial charge in [0.05, 0.1) is 6.61 Å². The fraction of sp³-hybridized carbons (Fsp3) is 0.714. The normalized spacial score (nSPS) is 14.9. The van der Waals surface area contributed by atoms with Crippen LogP contribution in [-0.4, -0.2) is 13.2 Å². The van der Waals surface area contributed by atoms with Crippen LogP contribution in [-0.2, 0) is 6.42 Å². The van der Waals surface area contributed by atoms with E-state index in [1.54, 1.807) is 0 Å². The second-order valence-corrected chi connectivity index (χ2v) is 7.27. The highest BCUT2D eigenvalue weighted by Crippen LogP contribution is 2.53. The van der Waals surface area contributed by atoms with Crippen molar-refractivity contribution >= 4 is 0 Å². The molecule has 0 amide bonds. The molecule has 1 aliphatic carbocycles. The summed E-state index contributed by atoms with van der Waals surface area (Å²) in [5.41, 5.74) is 7.55. The Morgan fingerprint density at radius 1 is 1.13 bits per heavy atom. The van der Waals surface area contributed by atoms with Crippen molar-refractivity contribution in [2.24, 2.45) is 17.1 Å². The van der Waals surface area contributed by atoms with Crippen LogP contribution in [0.5, 0.6) is 5.75 Å². The molecule has 0 bridgehead atoms. The van der Waals surface area contributed by atoms with Crippen LogP contribution in [0, 0.1) is 11.3 Å². The van der Waals surface area contributed by atoms with E-state index < -0.39 is 0 Å². The van der Waals surface area contributed by atoms with Gasteiger partial charge in [-0.3, -0.25) is 0 Å². The number of nitrogens with two attached hydrogens (primary N) is 1. The maximum atomic E-state index is 5.79. The topological polar surface area (TPSA) is 35.2 Å². The molecule has 1 aromatic rings. The molecule has 1 fully saturated rings. The van der Waals surface area contributed by atoms with E-state index in [0.717, 1.165) is 24.7 Å². The molecule has 0 unspecified atom stereocenters. The SMILES string of the molecule is CCCC(CCC)(CCc1cccc(OCCCN)c1)C1CC1. The van der Waals surface area contributed by atoms with E-state index in [9.17, 15) is 0 Å². The molecule has 0 radical (unpaired) electrons. The molecule has 0 atom stereocenters. The van der Waals surface area contributed by atoms with Gasteiger partial charge in [0.2, 0.25) is 0 Å². The van der Waals surface area contributed by atoms with Gasteiger partial charge in [-0.25, -0.2) is 0 Å². The molecule has 2 nitrogen and oxygen atoms in total. The fourth-order valence-electron chi connectivity index (χ4n) is 4.14. The molecular formula is C21H35NO. The summed E-state index contributed by atoms with van der Waals surface area (Å²) in [7, 11) is 0. The van der Waals surface area contributed by atoms with E-state index in [1.807, 2.05) is 0 Å². The Balaban J connectivity index is 1.95. The minimum absolute atomic E-state index is 0.597. The summed E-state index contributed by atoms with van der Waals surface area (Å²) in [6.07, 6.45) is 11.8. The van der Waals surface area contributed by atoms with Crippen molar-refractivity contribution in [3.8, 4) is 5.75 Å². The van der Waals surface area contributed by atoms with Gasteiger partial charge in [0.15, 0.2) is 0 Å². The second-order valence-electron chi connectivity index (χ2n) is 7.27. The minimum Gasteiger partial charge on any atom is -0.494 e. The van der Waals surface area contributed by atoms with E-state index in [4.69, 9.17) is 10.5 Å². The summed E-state index contributed by atoms with van der Waals surface area (Å²) >= 11 is 0. The zero-order valence-corrected chi connectivity index (χ0v) is 15.2. The third-order valence-electron chi connectivity index (χ3n) is 5.37. The van der Waals surface area contributed by atoms with Gasteiger partial charge in [-0.15, -0.1) is 0 Å². The second kappa shape index (κ2) is 9.32. The summed E-state index contributed by atoms with van der Waals surface area (Å²) in [6.45, 7) is 6.10. The van der Waals surface area contributed by atoms with Gasteiger partial charge in [0, 0.05) is 0 Å². The van der Waals surface area contributed by atoms with Crippen LogP contribution in [0.3, 0.4) is 0 Å². The van der Waals surface area contributed by atoms with Gasteiger partial charge in [-0.2, -0.15) is 0 Å². The van der Waals surface area contributed by atoms with E-state index >= 15 is 0 Å². The average Bonchev–Trinajstić information content (AvgIpc) is 3.39. The lowest BCUT2D eigenvalue weighted by Crippen LogP contribution is -2.24. The Hall–Kier alpha value is -1.02. The van der Waals surface area contributed by atoms with Crippen molar-refractivity contribution in [1.29, 1.82) is 0 Å². The van der Waals surface area contributed by atoms with Gasteiger partial charge in [-0.1, -0.05) is 38.8 Å². The van der Waals surface area contributed by atoms with Crippen LogP contribution in [0.2, 0.25) is 0 Å². The highest BCUT2D eigenvalue weighted by molar-refractivity contribution is 5.28. The zero-order chi connectivity index (χ0) is 16.5. The van der Waals surface area contributed by atoms with Crippen LogP contribution in [0.25, 0.3) is 0 Å². The van der Waals surface area contributed by atoms with Gasteiger partial charge in [0.25, 0.3) is 0 Å². The first-order valence-electron chi connectivity index (χ1n) is 9.66. The molecule has 2 rings (SSSR count). The van der Waals surface area contributed by atoms with E-state index in [2.05, 4.69) is 38.1 Å². The smallest absolute Gasteiger partial charge is 0.119 e. The molecule has 1 aliphatic rings. The molecule has 0 aromatic heterocycles. The molecule has 1 aromatic carbocycles. The standard InChI is InChI=1S/C21H35NO/c1-3-12-21(13-4-2,19-9-10-19)14-11-18-7-5-8-20(17-18)23-16-6-15-22/h5,7-8,17,19H,3-4,6,9-16,22H2,1-2H3. The third-order valence-corrected chi connectivity index (χ3v) is 5.37. The highest BCUT2D eigenvalue weighted by Gasteiger charge is 2.42. The maximum absolute atomic E-state index is 5.79. The Morgan fingerprint density at radius 3 is 2.48 bits per heavy atom. The predicted molar refractivity (Wildman–Crippen MR) is 98.9 cm³/mol. The molecule has 0 heterocycles. The summed E-state index contributed by atoms with van der Waals surface area (Å²) in [6, 6.07) is 8.68. The molecule has 2 heteroatoms. The lowest BCUT2D eigenvalue weighted by atomic mass is 9.71. The first-order valence-corrected chi connectivity index (χ1v) is 9.66. The fourth-order valence-corrected chi connectivity index (χ4v) is 4.14. The summed E-state index contributed by atoms with van der Waals surface area (Å²) in [4.78, 5) is 0. The number of benzene rings is 1. The molecule has 0 spiro atoms. The van der Waals surface area contributed by atoms with E-state index in [1.165, 1.54) is 56.9 Å². The first kappa shape index (κ1) is 18.3. The predicted octanol–water partition coefficient (Wildman–Crippen LogP) is 5.34. The van der Waals surface area contributed by atoms with Crippen molar-refractivity contribution in [1.82, 2.24) is 0 Å². The van der Waals surface area contributed by atoms with Crippen molar-refractivity contribution in [2.75, 3.05) is 13.2 Å². The Labute approximate surface area is 142 Å². The van der Waals surface area contributed by atoms with Crippen molar-refractivity contribution < 1.29 is 4.74 Å². The molecular weight excluding hydrogens is 282 g/mol. The third kappa shape index (κ3) is 5.53. The summed E-state index contributed by atoms with van der Waals surface area (Å²) < 4.78 is 5.79. The molecule has 130 valence electrons. The van der Waals surface area contributed by atoms with Gasteiger partial charge < -0.3 is 10.5 Å².